The predicted octanol–water partition coefficient (Wildman–Crippen LogP) is 4.14. The van der Waals surface area contributed by atoms with Crippen LogP contribution < -0.4 is 5.32 Å². The number of halogens is 2. The summed E-state index contributed by atoms with van der Waals surface area (Å²) < 4.78 is 1.10. The first-order chi connectivity index (χ1) is 15.5. The summed E-state index contributed by atoms with van der Waals surface area (Å²) >= 11 is 11.1. The number of fused-ring (bicyclic) bond motifs is 1. The number of carbonyl (C=O) groups is 2. The number of piperazine rings is 1. The quantitative estimate of drug-likeness (QED) is 0.445. The maximum absolute atomic E-state index is 12.0. The fraction of sp³-hybridized carbons (Fsp3) is 0.391. The molecule has 3 aromatic rings. The molecular weight excluding hydrogens is 512 g/mol. The van der Waals surface area contributed by atoms with E-state index in [1.165, 1.54) is 28.3 Å². The Bertz CT molecular complexity index is 1110. The number of hydrogen-bond acceptors (Lipinski definition) is 4. The van der Waals surface area contributed by atoms with Gasteiger partial charge < -0.3 is 15.2 Å². The Hall–Kier alpha value is -1.87. The maximum Gasteiger partial charge on any atom is 0.237 e. The van der Waals surface area contributed by atoms with Crippen LogP contribution >= 0.6 is 38.9 Å². The number of aromatic amines is 1. The SMILES string of the molecule is CC(=O)NCCc1c[nH]c2c(C(c3ccc(Br)s3)N3CCN(C(=O)CCl)CC3)cccc12. The van der Waals surface area contributed by atoms with E-state index in [2.05, 4.69) is 67.7 Å². The van der Waals surface area contributed by atoms with Gasteiger partial charge in [-0.15, -0.1) is 22.9 Å². The van der Waals surface area contributed by atoms with Crippen molar-refractivity contribution < 1.29 is 9.59 Å². The molecule has 9 heteroatoms. The Balaban J connectivity index is 1.65. The van der Waals surface area contributed by atoms with Crippen molar-refractivity contribution in [3.63, 3.8) is 0 Å². The van der Waals surface area contributed by atoms with Crippen molar-refractivity contribution in [2.45, 2.75) is 19.4 Å². The molecule has 1 aliphatic heterocycles. The third kappa shape index (κ3) is 5.03. The smallest absolute Gasteiger partial charge is 0.237 e. The van der Waals surface area contributed by atoms with Gasteiger partial charge in [-0.3, -0.25) is 14.5 Å². The number of nitrogens with zero attached hydrogens (tertiary/aromatic N) is 2. The number of carbonyl (C=O) groups excluding carboxylic acids is 2. The van der Waals surface area contributed by atoms with Crippen LogP contribution in [0.25, 0.3) is 10.9 Å². The van der Waals surface area contributed by atoms with Crippen molar-refractivity contribution in [2.24, 2.45) is 0 Å². The number of benzene rings is 1. The van der Waals surface area contributed by atoms with Crippen LogP contribution in [-0.2, 0) is 16.0 Å². The van der Waals surface area contributed by atoms with Crippen LogP contribution in [0.3, 0.4) is 0 Å². The highest BCUT2D eigenvalue weighted by atomic mass is 79.9. The van der Waals surface area contributed by atoms with E-state index in [1.807, 2.05) is 4.90 Å². The fourth-order valence-corrected chi connectivity index (χ4v) is 6.11. The van der Waals surface area contributed by atoms with E-state index in [0.717, 1.165) is 28.8 Å². The van der Waals surface area contributed by atoms with Gasteiger partial charge in [0.1, 0.15) is 5.88 Å². The second kappa shape index (κ2) is 10.4. The van der Waals surface area contributed by atoms with Crippen molar-refractivity contribution in [1.82, 2.24) is 20.1 Å². The summed E-state index contributed by atoms with van der Waals surface area (Å²) in [6.45, 7) is 5.08. The summed E-state index contributed by atoms with van der Waals surface area (Å²) in [7, 11) is 0. The van der Waals surface area contributed by atoms with Crippen molar-refractivity contribution in [3.05, 3.63) is 56.3 Å². The number of para-hydroxylation sites is 1. The van der Waals surface area contributed by atoms with E-state index in [1.54, 1.807) is 11.3 Å². The minimum atomic E-state index is -0.0133. The molecule has 1 unspecified atom stereocenters. The minimum Gasteiger partial charge on any atom is -0.361 e. The molecule has 0 radical (unpaired) electrons. The number of rotatable bonds is 7. The zero-order chi connectivity index (χ0) is 22.7. The topological polar surface area (TPSA) is 68.4 Å². The highest BCUT2D eigenvalue weighted by molar-refractivity contribution is 9.11. The summed E-state index contributed by atoms with van der Waals surface area (Å²) in [5.74, 6) is 0.0160. The number of alkyl halides is 1. The average Bonchev–Trinajstić information content (AvgIpc) is 3.40. The van der Waals surface area contributed by atoms with Crippen molar-refractivity contribution in [3.8, 4) is 0 Å². The molecule has 1 aromatic carbocycles. The Morgan fingerprint density at radius 1 is 1.22 bits per heavy atom. The monoisotopic (exact) mass is 536 g/mol. The lowest BCUT2D eigenvalue weighted by molar-refractivity contribution is -0.130. The highest BCUT2D eigenvalue weighted by Gasteiger charge is 2.30. The van der Waals surface area contributed by atoms with Gasteiger partial charge in [-0.2, -0.15) is 0 Å². The molecule has 1 atom stereocenters. The third-order valence-electron chi connectivity index (χ3n) is 5.91. The van der Waals surface area contributed by atoms with E-state index < -0.39 is 0 Å². The number of amides is 2. The summed E-state index contributed by atoms with van der Waals surface area (Å²) in [6, 6.07) is 10.8. The normalized spacial score (nSPS) is 15.8. The zero-order valence-corrected chi connectivity index (χ0v) is 21.0. The molecule has 2 amide bonds. The lowest BCUT2D eigenvalue weighted by Gasteiger charge is -2.39. The Kier molecular flexibility index (Phi) is 7.55. The second-order valence-electron chi connectivity index (χ2n) is 7.91. The molecule has 2 N–H and O–H groups in total. The van der Waals surface area contributed by atoms with Gasteiger partial charge in [-0.1, -0.05) is 18.2 Å². The van der Waals surface area contributed by atoms with E-state index >= 15 is 0 Å². The molecule has 4 rings (SSSR count). The van der Waals surface area contributed by atoms with E-state index in [0.29, 0.717) is 19.6 Å². The Morgan fingerprint density at radius 2 is 2.00 bits per heavy atom. The van der Waals surface area contributed by atoms with Gasteiger partial charge in [0.05, 0.1) is 15.3 Å². The molecule has 0 bridgehead atoms. The third-order valence-corrected chi connectivity index (χ3v) is 7.81. The lowest BCUT2D eigenvalue weighted by atomic mass is 9.98. The molecule has 0 aliphatic carbocycles. The minimum absolute atomic E-state index is 0.00276. The largest absolute Gasteiger partial charge is 0.361 e. The van der Waals surface area contributed by atoms with Crippen molar-refractivity contribution in [1.29, 1.82) is 0 Å². The van der Waals surface area contributed by atoms with E-state index in [4.69, 9.17) is 11.6 Å². The van der Waals surface area contributed by atoms with Crippen LogP contribution in [-0.4, -0.2) is 65.2 Å². The average molecular weight is 538 g/mol. The molecule has 6 nitrogen and oxygen atoms in total. The molecule has 2 aromatic heterocycles. The molecular formula is C23H26BrClN4O2S. The van der Waals surface area contributed by atoms with Gasteiger partial charge in [0.2, 0.25) is 11.8 Å². The Labute approximate surface area is 205 Å². The van der Waals surface area contributed by atoms with Gasteiger partial charge >= 0.3 is 0 Å². The molecule has 32 heavy (non-hydrogen) atoms. The van der Waals surface area contributed by atoms with Gasteiger partial charge in [0.25, 0.3) is 0 Å². The summed E-state index contributed by atoms with van der Waals surface area (Å²) in [5, 5.41) is 4.06. The number of nitrogens with one attached hydrogen (secondary N) is 2. The van der Waals surface area contributed by atoms with Crippen molar-refractivity contribution in [2.75, 3.05) is 38.6 Å². The fourth-order valence-electron chi connectivity index (χ4n) is 4.36. The molecule has 1 fully saturated rings. The summed E-state index contributed by atoms with van der Waals surface area (Å²) in [5.41, 5.74) is 3.54. The molecule has 170 valence electrons. The van der Waals surface area contributed by atoms with Crippen LogP contribution in [0.1, 0.15) is 29.0 Å². The van der Waals surface area contributed by atoms with Crippen LogP contribution in [0.5, 0.6) is 0 Å². The molecule has 0 spiro atoms. The van der Waals surface area contributed by atoms with Crippen molar-refractivity contribution >= 4 is 61.6 Å². The van der Waals surface area contributed by atoms with Gasteiger partial charge in [-0.25, -0.2) is 0 Å². The van der Waals surface area contributed by atoms with Gasteiger partial charge in [0, 0.05) is 56.1 Å². The van der Waals surface area contributed by atoms with Crippen LogP contribution in [0, 0.1) is 0 Å². The second-order valence-corrected chi connectivity index (χ2v) is 10.7. The highest BCUT2D eigenvalue weighted by Crippen LogP contribution is 2.39. The van der Waals surface area contributed by atoms with E-state index in [-0.39, 0.29) is 23.7 Å². The molecule has 3 heterocycles. The molecule has 0 saturated carbocycles. The summed E-state index contributed by atoms with van der Waals surface area (Å²) in [4.78, 5) is 32.3. The first-order valence-corrected chi connectivity index (χ1v) is 12.8. The van der Waals surface area contributed by atoms with Crippen LogP contribution in [0.15, 0.2) is 40.3 Å². The number of H-pyrrole nitrogens is 1. The number of hydrogen-bond donors (Lipinski definition) is 2. The lowest BCUT2D eigenvalue weighted by Crippen LogP contribution is -2.50. The summed E-state index contributed by atoms with van der Waals surface area (Å²) in [6.07, 6.45) is 2.83. The van der Waals surface area contributed by atoms with Gasteiger partial charge in [0.15, 0.2) is 0 Å². The van der Waals surface area contributed by atoms with Gasteiger partial charge in [-0.05, 0) is 45.6 Å². The zero-order valence-electron chi connectivity index (χ0n) is 17.9. The molecule has 1 aliphatic rings. The maximum atomic E-state index is 12.0. The number of aromatic nitrogens is 1. The first-order valence-electron chi connectivity index (χ1n) is 10.6. The van der Waals surface area contributed by atoms with E-state index in [9.17, 15) is 9.59 Å². The van der Waals surface area contributed by atoms with Crippen LogP contribution in [0.4, 0.5) is 0 Å². The molecule has 1 saturated heterocycles. The predicted molar refractivity (Wildman–Crippen MR) is 133 cm³/mol. The first kappa shape index (κ1) is 23.3. The Morgan fingerprint density at radius 3 is 2.66 bits per heavy atom. The van der Waals surface area contributed by atoms with Crippen LogP contribution in [0.2, 0.25) is 0 Å². The number of thiophene rings is 1. The standard InChI is InChI=1S/C23H26BrClN4O2S/c1-15(30)26-8-7-16-14-27-22-17(16)3-2-4-18(22)23(19-5-6-20(24)32-19)29-11-9-28(10-12-29)21(31)13-25/h2-6,14,23,27H,7-13H2,1H3,(H,26,30).